The van der Waals surface area contributed by atoms with Crippen LogP contribution in [0.3, 0.4) is 0 Å². The molecule has 2 aromatic rings. The van der Waals surface area contributed by atoms with E-state index >= 15 is 0 Å². The van der Waals surface area contributed by atoms with Gasteiger partial charge in [0.25, 0.3) is 0 Å². The highest BCUT2D eigenvalue weighted by Crippen LogP contribution is 2.36. The molecule has 0 aliphatic heterocycles. The molecule has 0 aliphatic carbocycles. The van der Waals surface area contributed by atoms with Crippen LogP contribution in [-0.2, 0) is 6.18 Å². The number of halogens is 4. The van der Waals surface area contributed by atoms with Crippen molar-refractivity contribution in [2.24, 2.45) is 0 Å². The Morgan fingerprint density at radius 1 is 1.16 bits per heavy atom. The number of hydrogen-bond donors (Lipinski definition) is 2. The molecule has 8 heteroatoms. The highest BCUT2D eigenvalue weighted by atomic mass is 79.9. The van der Waals surface area contributed by atoms with Crippen LogP contribution >= 0.6 is 15.9 Å². The summed E-state index contributed by atoms with van der Waals surface area (Å²) in [4.78, 5) is 7.70. The fraction of sp³-hybridized carbons (Fsp3) is 0.0909. The lowest BCUT2D eigenvalue weighted by atomic mass is 10.2. The van der Waals surface area contributed by atoms with Crippen molar-refractivity contribution in [3.8, 4) is 0 Å². The predicted octanol–water partition coefficient (Wildman–Crippen LogP) is 3.58. The number of nitrogen functional groups attached to an aromatic ring is 1. The van der Waals surface area contributed by atoms with Crippen LogP contribution in [0, 0.1) is 0 Å². The largest absolute Gasteiger partial charge is 0.417 e. The number of nitrogens with one attached hydrogen (secondary N) is 1. The van der Waals surface area contributed by atoms with Gasteiger partial charge in [0, 0.05) is 10.2 Å². The van der Waals surface area contributed by atoms with Gasteiger partial charge in [-0.05, 0) is 18.2 Å². The van der Waals surface area contributed by atoms with Crippen LogP contribution in [0.25, 0.3) is 0 Å². The number of hydrogen-bond acceptors (Lipinski definition) is 4. The minimum Gasteiger partial charge on any atom is -0.396 e. The molecule has 0 radical (unpaired) electrons. The minimum absolute atomic E-state index is 0.0243. The van der Waals surface area contributed by atoms with Crippen molar-refractivity contribution >= 4 is 33.3 Å². The molecule has 0 bridgehead atoms. The second-order valence-electron chi connectivity index (χ2n) is 3.66. The van der Waals surface area contributed by atoms with Crippen LogP contribution in [0.5, 0.6) is 0 Å². The maximum absolute atomic E-state index is 12.7. The summed E-state index contributed by atoms with van der Waals surface area (Å²) in [5, 5.41) is 2.67. The van der Waals surface area contributed by atoms with Crippen LogP contribution in [0.2, 0.25) is 0 Å². The smallest absolute Gasteiger partial charge is 0.396 e. The van der Waals surface area contributed by atoms with Gasteiger partial charge in [-0.1, -0.05) is 15.9 Å². The Labute approximate surface area is 115 Å². The average Bonchev–Trinajstić information content (AvgIpc) is 2.33. The van der Waals surface area contributed by atoms with Crippen molar-refractivity contribution in [1.29, 1.82) is 0 Å². The van der Waals surface area contributed by atoms with Crippen molar-refractivity contribution in [3.63, 3.8) is 0 Å². The second kappa shape index (κ2) is 5.04. The summed E-state index contributed by atoms with van der Waals surface area (Å²) in [7, 11) is 0. The minimum atomic E-state index is -4.43. The summed E-state index contributed by atoms with van der Waals surface area (Å²) in [5.74, 6) is 0.171. The zero-order chi connectivity index (χ0) is 14.0. The topological polar surface area (TPSA) is 63.8 Å². The molecule has 3 N–H and O–H groups in total. The van der Waals surface area contributed by atoms with Crippen LogP contribution in [0.1, 0.15) is 5.56 Å². The van der Waals surface area contributed by atoms with Gasteiger partial charge >= 0.3 is 6.18 Å². The van der Waals surface area contributed by atoms with Gasteiger partial charge in [0.2, 0.25) is 5.95 Å². The molecule has 0 spiro atoms. The molecule has 4 nitrogen and oxygen atoms in total. The van der Waals surface area contributed by atoms with Gasteiger partial charge in [-0.2, -0.15) is 13.2 Å². The summed E-state index contributed by atoms with van der Waals surface area (Å²) in [5.41, 5.74) is 5.25. The third-order valence-corrected chi connectivity index (χ3v) is 2.89. The number of rotatable bonds is 2. The molecule has 0 fully saturated rings. The second-order valence-corrected chi connectivity index (χ2v) is 4.51. The van der Waals surface area contributed by atoms with Crippen molar-refractivity contribution in [2.75, 3.05) is 11.1 Å². The lowest BCUT2D eigenvalue weighted by Crippen LogP contribution is -2.07. The molecule has 0 aliphatic rings. The monoisotopic (exact) mass is 332 g/mol. The summed E-state index contributed by atoms with van der Waals surface area (Å²) >= 11 is 2.87. The molecular formula is C11H8BrF3N4. The predicted molar refractivity (Wildman–Crippen MR) is 68.9 cm³/mol. The van der Waals surface area contributed by atoms with E-state index in [4.69, 9.17) is 5.73 Å². The van der Waals surface area contributed by atoms with E-state index in [-0.39, 0.29) is 16.1 Å². The summed E-state index contributed by atoms with van der Waals surface area (Å²) in [6.45, 7) is 0. The first-order valence-corrected chi connectivity index (χ1v) is 5.87. The van der Waals surface area contributed by atoms with Gasteiger partial charge < -0.3 is 11.1 Å². The molecule has 0 unspecified atom stereocenters. The number of aromatic nitrogens is 2. The summed E-state index contributed by atoms with van der Waals surface area (Å²) < 4.78 is 38.1. The van der Waals surface area contributed by atoms with Crippen LogP contribution in [0.15, 0.2) is 35.1 Å². The quantitative estimate of drug-likeness (QED) is 0.882. The zero-order valence-electron chi connectivity index (χ0n) is 9.37. The van der Waals surface area contributed by atoms with E-state index in [9.17, 15) is 13.2 Å². The molecule has 0 saturated carbocycles. The highest BCUT2D eigenvalue weighted by Gasteiger charge is 2.33. The third-order valence-electron chi connectivity index (χ3n) is 2.20. The average molecular weight is 333 g/mol. The van der Waals surface area contributed by atoms with Crippen LogP contribution in [-0.4, -0.2) is 9.97 Å². The van der Waals surface area contributed by atoms with Gasteiger partial charge in [-0.3, -0.25) is 0 Å². The molecule has 0 amide bonds. The highest BCUT2D eigenvalue weighted by molar-refractivity contribution is 9.10. The number of nitrogens with two attached hydrogens (primary N) is 1. The van der Waals surface area contributed by atoms with E-state index in [1.807, 2.05) is 0 Å². The Morgan fingerprint density at radius 2 is 1.79 bits per heavy atom. The van der Waals surface area contributed by atoms with E-state index in [0.29, 0.717) is 5.69 Å². The van der Waals surface area contributed by atoms with Gasteiger partial charge in [0.15, 0.2) is 0 Å². The fourth-order valence-electron chi connectivity index (χ4n) is 1.35. The van der Waals surface area contributed by atoms with Crippen LogP contribution < -0.4 is 11.1 Å². The zero-order valence-corrected chi connectivity index (χ0v) is 11.0. The maximum Gasteiger partial charge on any atom is 0.417 e. The molecule has 100 valence electrons. The summed E-state index contributed by atoms with van der Waals surface area (Å²) in [6, 6.07) is 3.77. The van der Waals surface area contributed by atoms with E-state index in [1.54, 1.807) is 0 Å². The molecule has 1 aromatic heterocycles. The van der Waals surface area contributed by atoms with E-state index in [1.165, 1.54) is 24.5 Å². The SMILES string of the molecule is Nc1cnc(Nc2ccc(Br)c(C(F)(F)F)c2)nc1. The van der Waals surface area contributed by atoms with Gasteiger partial charge in [0.1, 0.15) is 0 Å². The Bertz CT molecular complexity index is 583. The van der Waals surface area contributed by atoms with Crippen molar-refractivity contribution in [2.45, 2.75) is 6.18 Å². The molecule has 19 heavy (non-hydrogen) atoms. The Hall–Kier alpha value is -1.83. The summed E-state index contributed by atoms with van der Waals surface area (Å²) in [6.07, 6.45) is -1.71. The standard InChI is InChI=1S/C11H8BrF3N4/c12-9-2-1-7(3-8(9)11(13,14)15)19-10-17-4-6(16)5-18-10/h1-5H,16H2,(H,17,18,19). The Balaban J connectivity index is 2.29. The number of alkyl halides is 3. The fourth-order valence-corrected chi connectivity index (χ4v) is 1.82. The molecule has 0 saturated heterocycles. The van der Waals surface area contributed by atoms with Crippen molar-refractivity contribution < 1.29 is 13.2 Å². The molecule has 0 atom stereocenters. The van der Waals surface area contributed by atoms with Crippen LogP contribution in [0.4, 0.5) is 30.5 Å². The lowest BCUT2D eigenvalue weighted by molar-refractivity contribution is -0.138. The number of benzene rings is 1. The Morgan fingerprint density at radius 3 is 2.37 bits per heavy atom. The van der Waals surface area contributed by atoms with Gasteiger partial charge in [-0.15, -0.1) is 0 Å². The van der Waals surface area contributed by atoms with Crippen molar-refractivity contribution in [1.82, 2.24) is 9.97 Å². The molecule has 1 heterocycles. The first-order valence-electron chi connectivity index (χ1n) is 5.07. The Kier molecular flexibility index (Phi) is 3.61. The normalized spacial score (nSPS) is 11.4. The molecular weight excluding hydrogens is 325 g/mol. The third kappa shape index (κ3) is 3.34. The number of anilines is 3. The molecule has 1 aromatic carbocycles. The lowest BCUT2D eigenvalue weighted by Gasteiger charge is -2.11. The maximum atomic E-state index is 12.7. The molecule has 2 rings (SSSR count). The van der Waals surface area contributed by atoms with E-state index in [0.717, 1.165) is 6.07 Å². The van der Waals surface area contributed by atoms with E-state index < -0.39 is 11.7 Å². The first kappa shape index (κ1) is 13.6. The van der Waals surface area contributed by atoms with Gasteiger partial charge in [-0.25, -0.2) is 9.97 Å². The number of nitrogens with zero attached hydrogens (tertiary/aromatic N) is 2. The van der Waals surface area contributed by atoms with Gasteiger partial charge in [0.05, 0.1) is 23.6 Å². The first-order chi connectivity index (χ1) is 8.86. The van der Waals surface area contributed by atoms with Crippen molar-refractivity contribution in [3.05, 3.63) is 40.6 Å². The van der Waals surface area contributed by atoms with E-state index in [2.05, 4.69) is 31.2 Å².